The number of amides is 2. The van der Waals surface area contributed by atoms with Crippen LogP contribution in [0, 0.1) is 0 Å². The summed E-state index contributed by atoms with van der Waals surface area (Å²) in [5, 5.41) is 11.4. The van der Waals surface area contributed by atoms with Gasteiger partial charge in [-0.25, -0.2) is 0 Å². The highest BCUT2D eigenvalue weighted by Gasteiger charge is 2.31. The summed E-state index contributed by atoms with van der Waals surface area (Å²) in [7, 11) is 1.89. The van der Waals surface area contributed by atoms with E-state index in [-0.39, 0.29) is 24.1 Å². The summed E-state index contributed by atoms with van der Waals surface area (Å²) in [6, 6.07) is 18.3. The first-order chi connectivity index (χ1) is 16.4. The Morgan fingerprint density at radius 1 is 1.03 bits per heavy atom. The van der Waals surface area contributed by atoms with Crippen LogP contribution in [0.3, 0.4) is 0 Å². The summed E-state index contributed by atoms with van der Waals surface area (Å²) >= 11 is 0. The largest absolute Gasteiger partial charge is 0.355 e. The van der Waals surface area contributed by atoms with Crippen LogP contribution >= 0.6 is 0 Å². The molecule has 2 heterocycles. The van der Waals surface area contributed by atoms with Crippen molar-refractivity contribution >= 4 is 45.6 Å². The molecule has 0 bridgehead atoms. The predicted octanol–water partition coefficient (Wildman–Crippen LogP) is 4.11. The molecule has 8 heteroatoms. The summed E-state index contributed by atoms with van der Waals surface area (Å²) < 4.78 is 1.81. The third-order valence-electron chi connectivity index (χ3n) is 5.93. The average Bonchev–Trinajstić information content (AvgIpc) is 3.33. The van der Waals surface area contributed by atoms with Gasteiger partial charge in [-0.2, -0.15) is 5.10 Å². The minimum absolute atomic E-state index is 0.0797. The first-order valence-electron chi connectivity index (χ1n) is 10.9. The summed E-state index contributed by atoms with van der Waals surface area (Å²) in [5.74, 6) is -0.601. The lowest BCUT2D eigenvalue weighted by Crippen LogP contribution is -2.33. The number of hydrogen-bond donors (Lipinski definition) is 2. The molecule has 0 radical (unpaired) electrons. The molecular weight excluding hydrogens is 430 g/mol. The van der Waals surface area contributed by atoms with Crippen LogP contribution in [0.2, 0.25) is 0 Å². The van der Waals surface area contributed by atoms with Gasteiger partial charge in [0.1, 0.15) is 6.54 Å². The third-order valence-corrected chi connectivity index (χ3v) is 5.93. The van der Waals surface area contributed by atoms with E-state index in [1.54, 1.807) is 30.5 Å². The monoisotopic (exact) mass is 453 g/mol. The first kappa shape index (κ1) is 21.4. The number of Topliss-reactive ketones (excluding diaryl/α,β-unsaturated/α-hetero) is 1. The summed E-state index contributed by atoms with van der Waals surface area (Å²) in [5.41, 5.74) is 5.04. The number of anilines is 3. The Bertz CT molecular complexity index is 1460. The highest BCUT2D eigenvalue weighted by atomic mass is 16.2. The van der Waals surface area contributed by atoms with E-state index in [9.17, 15) is 14.4 Å². The Morgan fingerprint density at radius 2 is 1.85 bits per heavy atom. The van der Waals surface area contributed by atoms with E-state index in [4.69, 9.17) is 0 Å². The number of carbonyl (C=O) groups is 3. The zero-order valence-corrected chi connectivity index (χ0v) is 18.8. The number of fused-ring (bicyclic) bond motifs is 2. The number of nitrogens with zero attached hydrogens (tertiary/aromatic N) is 3. The first-order valence-corrected chi connectivity index (χ1v) is 10.9. The van der Waals surface area contributed by atoms with Crippen LogP contribution in [-0.4, -0.2) is 38.8 Å². The van der Waals surface area contributed by atoms with Gasteiger partial charge in [-0.3, -0.25) is 19.1 Å². The van der Waals surface area contributed by atoms with Crippen molar-refractivity contribution in [3.8, 4) is 0 Å². The van der Waals surface area contributed by atoms with Gasteiger partial charge < -0.3 is 15.5 Å². The molecule has 0 atom stereocenters. The predicted molar refractivity (Wildman–Crippen MR) is 130 cm³/mol. The van der Waals surface area contributed by atoms with Gasteiger partial charge in [-0.05, 0) is 48.9 Å². The topological polar surface area (TPSA) is 96.3 Å². The quantitative estimate of drug-likeness (QED) is 0.428. The summed E-state index contributed by atoms with van der Waals surface area (Å²) in [6.07, 6.45) is 1.80. The van der Waals surface area contributed by atoms with Gasteiger partial charge in [0.25, 0.3) is 5.91 Å². The van der Waals surface area contributed by atoms with Crippen LogP contribution < -0.4 is 10.6 Å². The van der Waals surface area contributed by atoms with Crippen molar-refractivity contribution in [3.05, 3.63) is 83.6 Å². The van der Waals surface area contributed by atoms with Gasteiger partial charge in [0, 0.05) is 35.9 Å². The molecule has 8 nitrogen and oxygen atoms in total. The van der Waals surface area contributed by atoms with Crippen LogP contribution in [0.1, 0.15) is 33.2 Å². The summed E-state index contributed by atoms with van der Waals surface area (Å²) in [4.78, 5) is 38.9. The lowest BCUT2D eigenvalue weighted by Gasteiger charge is -2.16. The number of aryl methyl sites for hydroxylation is 1. The molecule has 5 rings (SSSR count). The molecule has 1 aliphatic heterocycles. The smallest absolute Gasteiger partial charge is 0.257 e. The van der Waals surface area contributed by atoms with Gasteiger partial charge in [0.05, 0.1) is 23.0 Å². The van der Waals surface area contributed by atoms with Crippen LogP contribution in [0.5, 0.6) is 0 Å². The van der Waals surface area contributed by atoms with E-state index >= 15 is 0 Å². The van der Waals surface area contributed by atoms with Gasteiger partial charge >= 0.3 is 0 Å². The molecule has 34 heavy (non-hydrogen) atoms. The van der Waals surface area contributed by atoms with Crippen molar-refractivity contribution in [2.24, 2.45) is 7.05 Å². The zero-order chi connectivity index (χ0) is 23.8. The van der Waals surface area contributed by atoms with Crippen molar-refractivity contribution in [1.82, 2.24) is 14.7 Å². The van der Waals surface area contributed by atoms with Crippen molar-refractivity contribution in [2.45, 2.75) is 13.5 Å². The lowest BCUT2D eigenvalue weighted by molar-refractivity contribution is -0.116. The van der Waals surface area contributed by atoms with Gasteiger partial charge in [0.2, 0.25) is 5.91 Å². The SMILES string of the molecule is CC(=O)c1cccc(NC(=O)CN2Cc3cccc(Nc4ccc5c(cnn5C)c4)c3C2=O)c1. The van der Waals surface area contributed by atoms with Crippen LogP contribution in [0.25, 0.3) is 10.9 Å². The molecule has 170 valence electrons. The fourth-order valence-corrected chi connectivity index (χ4v) is 4.24. The Morgan fingerprint density at radius 3 is 2.68 bits per heavy atom. The van der Waals surface area contributed by atoms with Gasteiger partial charge in [-0.15, -0.1) is 0 Å². The Kier molecular flexibility index (Phi) is 5.33. The zero-order valence-electron chi connectivity index (χ0n) is 18.8. The van der Waals surface area contributed by atoms with E-state index in [1.165, 1.54) is 11.8 Å². The number of nitrogens with one attached hydrogen (secondary N) is 2. The molecule has 2 N–H and O–H groups in total. The normalized spacial score (nSPS) is 12.6. The minimum Gasteiger partial charge on any atom is -0.355 e. The molecule has 2 amide bonds. The molecular formula is C26H23N5O3. The van der Waals surface area contributed by atoms with E-state index < -0.39 is 0 Å². The molecule has 3 aromatic carbocycles. The van der Waals surface area contributed by atoms with Crippen molar-refractivity contribution in [2.75, 3.05) is 17.2 Å². The second-order valence-electron chi connectivity index (χ2n) is 8.35. The van der Waals surface area contributed by atoms with Crippen LogP contribution in [0.15, 0.2) is 66.9 Å². The standard InChI is InChI=1S/C26H23N5O3/c1-16(32)17-5-3-7-20(11-17)29-24(33)15-31-14-18-6-4-8-22(25(18)26(31)34)28-21-9-10-23-19(12-21)13-27-30(23)2/h3-13,28H,14-15H2,1-2H3,(H,29,33). The van der Waals surface area contributed by atoms with E-state index in [1.807, 2.05) is 48.1 Å². The van der Waals surface area contributed by atoms with Crippen molar-refractivity contribution in [1.29, 1.82) is 0 Å². The van der Waals surface area contributed by atoms with Crippen molar-refractivity contribution in [3.63, 3.8) is 0 Å². The maximum Gasteiger partial charge on any atom is 0.257 e. The molecule has 0 unspecified atom stereocenters. The Hall–Kier alpha value is -4.46. The highest BCUT2D eigenvalue weighted by molar-refractivity contribution is 6.06. The second kappa shape index (κ2) is 8.47. The molecule has 0 fully saturated rings. The van der Waals surface area contributed by atoms with E-state index in [0.717, 1.165) is 22.2 Å². The van der Waals surface area contributed by atoms with E-state index in [2.05, 4.69) is 15.7 Å². The second-order valence-corrected chi connectivity index (χ2v) is 8.35. The number of hydrogen-bond acceptors (Lipinski definition) is 5. The molecule has 4 aromatic rings. The molecule has 1 aliphatic rings. The third kappa shape index (κ3) is 4.01. The Labute approximate surface area is 196 Å². The van der Waals surface area contributed by atoms with Gasteiger partial charge in [0.15, 0.2) is 5.78 Å². The fraction of sp³-hybridized carbons (Fsp3) is 0.154. The van der Waals surface area contributed by atoms with Gasteiger partial charge in [-0.1, -0.05) is 24.3 Å². The number of rotatable bonds is 6. The minimum atomic E-state index is -0.321. The summed E-state index contributed by atoms with van der Waals surface area (Å²) in [6.45, 7) is 1.74. The Balaban J connectivity index is 1.31. The van der Waals surface area contributed by atoms with Crippen LogP contribution in [-0.2, 0) is 18.4 Å². The average molecular weight is 454 g/mol. The molecule has 0 spiro atoms. The number of benzene rings is 3. The highest BCUT2D eigenvalue weighted by Crippen LogP contribution is 2.32. The van der Waals surface area contributed by atoms with Crippen molar-refractivity contribution < 1.29 is 14.4 Å². The fourth-order valence-electron chi connectivity index (χ4n) is 4.24. The maximum atomic E-state index is 13.2. The van der Waals surface area contributed by atoms with E-state index in [0.29, 0.717) is 29.0 Å². The lowest BCUT2D eigenvalue weighted by atomic mass is 10.1. The maximum absolute atomic E-state index is 13.2. The number of ketones is 1. The molecule has 0 saturated carbocycles. The molecule has 0 saturated heterocycles. The number of aromatic nitrogens is 2. The molecule has 1 aromatic heterocycles. The number of carbonyl (C=O) groups excluding carboxylic acids is 3. The molecule has 0 aliphatic carbocycles. The van der Waals surface area contributed by atoms with Crippen LogP contribution in [0.4, 0.5) is 17.1 Å².